The maximum atomic E-state index is 12.6. The smallest absolute Gasteiger partial charge is 0.340 e. The standard InChI is InChI=1S/C21H25NO4/c1-5-25-18-10-6-16(7-11-18)20(23)15(4)26-21(24)19-12-13(2)22(14(19)3)17-8-9-17/h6-7,10-12,15,17H,5,8-9H2,1-4H3/t15-/m1/s1. The highest BCUT2D eigenvalue weighted by Gasteiger charge is 2.29. The Bertz CT molecular complexity index is 815. The van der Waals surface area contributed by atoms with Crippen molar-refractivity contribution in [3.8, 4) is 5.75 Å². The lowest BCUT2D eigenvalue weighted by molar-refractivity contribution is 0.0318. The molecule has 0 spiro atoms. The molecular weight excluding hydrogens is 330 g/mol. The number of nitrogens with zero attached hydrogens (tertiary/aromatic N) is 1. The van der Waals surface area contributed by atoms with Crippen LogP contribution in [0.5, 0.6) is 5.75 Å². The van der Waals surface area contributed by atoms with Crippen molar-refractivity contribution >= 4 is 11.8 Å². The number of esters is 1. The maximum Gasteiger partial charge on any atom is 0.340 e. The number of carbonyl (C=O) groups is 2. The Morgan fingerprint density at radius 1 is 1.19 bits per heavy atom. The first kappa shape index (κ1) is 18.2. The van der Waals surface area contributed by atoms with Crippen molar-refractivity contribution in [3.63, 3.8) is 0 Å². The van der Waals surface area contributed by atoms with E-state index in [1.807, 2.05) is 26.8 Å². The van der Waals surface area contributed by atoms with Gasteiger partial charge in [-0.05, 0) is 70.9 Å². The van der Waals surface area contributed by atoms with E-state index < -0.39 is 12.1 Å². The summed E-state index contributed by atoms with van der Waals surface area (Å²) in [5, 5.41) is 0. The number of carbonyl (C=O) groups excluding carboxylic acids is 2. The minimum atomic E-state index is -0.843. The highest BCUT2D eigenvalue weighted by molar-refractivity contribution is 6.01. The van der Waals surface area contributed by atoms with Gasteiger partial charge in [0, 0.05) is 23.0 Å². The average Bonchev–Trinajstić information content (AvgIpc) is 3.40. The highest BCUT2D eigenvalue weighted by Crippen LogP contribution is 2.38. The first-order chi connectivity index (χ1) is 12.4. The molecule has 1 aliphatic rings. The van der Waals surface area contributed by atoms with Crippen molar-refractivity contribution in [1.82, 2.24) is 4.57 Å². The third-order valence-electron chi connectivity index (χ3n) is 4.72. The topological polar surface area (TPSA) is 57.5 Å². The summed E-state index contributed by atoms with van der Waals surface area (Å²) in [5.74, 6) is 0.0374. The van der Waals surface area contributed by atoms with Crippen LogP contribution in [0.1, 0.15) is 64.8 Å². The summed E-state index contributed by atoms with van der Waals surface area (Å²) in [6, 6.07) is 9.22. The van der Waals surface area contributed by atoms with Gasteiger partial charge in [-0.2, -0.15) is 0 Å². The number of aryl methyl sites for hydroxylation is 1. The Morgan fingerprint density at radius 3 is 2.42 bits per heavy atom. The molecule has 0 saturated heterocycles. The highest BCUT2D eigenvalue weighted by atomic mass is 16.5. The van der Waals surface area contributed by atoms with Crippen LogP contribution in [-0.2, 0) is 4.74 Å². The fraction of sp³-hybridized carbons (Fsp3) is 0.429. The van der Waals surface area contributed by atoms with E-state index in [-0.39, 0.29) is 5.78 Å². The average molecular weight is 355 g/mol. The zero-order chi connectivity index (χ0) is 18.8. The minimum Gasteiger partial charge on any atom is -0.494 e. The summed E-state index contributed by atoms with van der Waals surface area (Å²) in [6.07, 6.45) is 1.46. The molecule has 1 aliphatic carbocycles. The van der Waals surface area contributed by atoms with Gasteiger partial charge in [0.1, 0.15) is 5.75 Å². The summed E-state index contributed by atoms with van der Waals surface area (Å²) in [6.45, 7) is 8.01. The molecule has 1 saturated carbocycles. The Hall–Kier alpha value is -2.56. The molecule has 1 fully saturated rings. The number of ketones is 1. The summed E-state index contributed by atoms with van der Waals surface area (Å²) < 4.78 is 13.0. The number of rotatable bonds is 7. The molecule has 0 aliphatic heterocycles. The van der Waals surface area contributed by atoms with Gasteiger partial charge in [-0.1, -0.05) is 0 Å². The molecule has 1 aromatic heterocycles. The van der Waals surface area contributed by atoms with Crippen molar-refractivity contribution in [2.75, 3.05) is 6.61 Å². The number of benzene rings is 1. The minimum absolute atomic E-state index is 0.225. The van der Waals surface area contributed by atoms with Crippen LogP contribution < -0.4 is 4.74 Å². The molecule has 3 rings (SSSR count). The largest absolute Gasteiger partial charge is 0.494 e. The van der Waals surface area contributed by atoms with Gasteiger partial charge < -0.3 is 14.0 Å². The van der Waals surface area contributed by atoms with E-state index in [1.165, 1.54) is 0 Å². The predicted octanol–water partition coefficient (Wildman–Crippen LogP) is 4.27. The lowest BCUT2D eigenvalue weighted by atomic mass is 10.1. The number of hydrogen-bond acceptors (Lipinski definition) is 4. The predicted molar refractivity (Wildman–Crippen MR) is 99.0 cm³/mol. The molecule has 26 heavy (non-hydrogen) atoms. The first-order valence-electron chi connectivity index (χ1n) is 9.08. The van der Waals surface area contributed by atoms with Crippen LogP contribution in [0.2, 0.25) is 0 Å². The van der Waals surface area contributed by atoms with Crippen molar-refractivity contribution in [3.05, 3.63) is 52.8 Å². The molecular formula is C21H25NO4. The number of hydrogen-bond donors (Lipinski definition) is 0. The van der Waals surface area contributed by atoms with E-state index in [1.54, 1.807) is 31.2 Å². The van der Waals surface area contributed by atoms with E-state index in [2.05, 4.69) is 4.57 Å². The molecule has 0 N–H and O–H groups in total. The van der Waals surface area contributed by atoms with E-state index in [4.69, 9.17) is 9.47 Å². The van der Waals surface area contributed by atoms with Gasteiger partial charge >= 0.3 is 5.97 Å². The van der Waals surface area contributed by atoms with Crippen LogP contribution in [0.15, 0.2) is 30.3 Å². The third kappa shape index (κ3) is 3.66. The molecule has 2 aromatic rings. The van der Waals surface area contributed by atoms with Crippen LogP contribution >= 0.6 is 0 Å². The number of ether oxygens (including phenoxy) is 2. The number of aromatic nitrogens is 1. The van der Waals surface area contributed by atoms with Gasteiger partial charge in [0.15, 0.2) is 6.10 Å². The van der Waals surface area contributed by atoms with Gasteiger partial charge in [-0.3, -0.25) is 4.79 Å². The summed E-state index contributed by atoms with van der Waals surface area (Å²) >= 11 is 0. The second kappa shape index (κ2) is 7.36. The molecule has 1 atom stereocenters. The molecule has 138 valence electrons. The fourth-order valence-electron chi connectivity index (χ4n) is 3.27. The second-order valence-corrected chi connectivity index (χ2v) is 6.76. The van der Waals surface area contributed by atoms with Crippen LogP contribution in [0, 0.1) is 13.8 Å². The van der Waals surface area contributed by atoms with Gasteiger partial charge in [-0.15, -0.1) is 0 Å². The second-order valence-electron chi connectivity index (χ2n) is 6.76. The zero-order valence-corrected chi connectivity index (χ0v) is 15.7. The molecule has 5 nitrogen and oxygen atoms in total. The quantitative estimate of drug-likeness (QED) is 0.550. The molecule has 1 heterocycles. The SMILES string of the molecule is CCOc1ccc(C(=O)[C@@H](C)OC(=O)c2cc(C)n(C3CC3)c2C)cc1. The Balaban J connectivity index is 1.69. The van der Waals surface area contributed by atoms with Gasteiger partial charge in [0.2, 0.25) is 5.78 Å². The fourth-order valence-corrected chi connectivity index (χ4v) is 3.27. The molecule has 0 radical (unpaired) electrons. The normalized spacial score (nSPS) is 14.8. The number of Topliss-reactive ketones (excluding diaryl/α,β-unsaturated/α-hetero) is 1. The van der Waals surface area contributed by atoms with Crippen LogP contribution in [0.3, 0.4) is 0 Å². The zero-order valence-electron chi connectivity index (χ0n) is 15.7. The van der Waals surface area contributed by atoms with E-state index in [0.29, 0.717) is 29.5 Å². The van der Waals surface area contributed by atoms with E-state index in [9.17, 15) is 9.59 Å². The van der Waals surface area contributed by atoms with Crippen molar-refractivity contribution in [2.45, 2.75) is 52.7 Å². The molecule has 0 unspecified atom stereocenters. The van der Waals surface area contributed by atoms with Gasteiger partial charge in [0.25, 0.3) is 0 Å². The van der Waals surface area contributed by atoms with Gasteiger partial charge in [0.05, 0.1) is 12.2 Å². The Morgan fingerprint density at radius 2 is 1.85 bits per heavy atom. The van der Waals surface area contributed by atoms with Crippen molar-refractivity contribution in [1.29, 1.82) is 0 Å². The van der Waals surface area contributed by atoms with Crippen molar-refractivity contribution < 1.29 is 19.1 Å². The monoisotopic (exact) mass is 355 g/mol. The Kier molecular flexibility index (Phi) is 5.16. The third-order valence-corrected chi connectivity index (χ3v) is 4.72. The van der Waals surface area contributed by atoms with Gasteiger partial charge in [-0.25, -0.2) is 4.79 Å². The van der Waals surface area contributed by atoms with Crippen molar-refractivity contribution in [2.24, 2.45) is 0 Å². The van der Waals surface area contributed by atoms with Crippen LogP contribution in [0.25, 0.3) is 0 Å². The summed E-state index contributed by atoms with van der Waals surface area (Å²) in [5.41, 5.74) is 3.01. The molecule has 0 amide bonds. The molecule has 1 aromatic carbocycles. The molecule has 0 bridgehead atoms. The lowest BCUT2D eigenvalue weighted by Gasteiger charge is -2.13. The van der Waals surface area contributed by atoms with E-state index in [0.717, 1.165) is 24.2 Å². The molecule has 5 heteroatoms. The van der Waals surface area contributed by atoms with Crippen LogP contribution in [0.4, 0.5) is 0 Å². The maximum absolute atomic E-state index is 12.6. The summed E-state index contributed by atoms with van der Waals surface area (Å²) in [7, 11) is 0. The first-order valence-corrected chi connectivity index (χ1v) is 9.08. The summed E-state index contributed by atoms with van der Waals surface area (Å²) in [4.78, 5) is 25.1. The lowest BCUT2D eigenvalue weighted by Crippen LogP contribution is -2.24. The van der Waals surface area contributed by atoms with E-state index >= 15 is 0 Å². The van der Waals surface area contributed by atoms with Crippen LogP contribution in [-0.4, -0.2) is 29.0 Å². The Labute approximate surface area is 153 Å².